The van der Waals surface area contributed by atoms with E-state index in [9.17, 15) is 80.6 Å². The highest BCUT2D eigenvalue weighted by Crippen LogP contribution is 2.48. The first-order valence-electron chi connectivity index (χ1n) is 35.5. The van der Waals surface area contributed by atoms with Gasteiger partial charge in [0.15, 0.2) is 0 Å². The largest absolute Gasteiger partial charge is 0.478 e. The molecule has 0 aliphatic carbocycles. The summed E-state index contributed by atoms with van der Waals surface area (Å²) in [4.78, 5) is 85.8. The van der Waals surface area contributed by atoms with Crippen molar-refractivity contribution in [2.75, 3.05) is 102 Å². The lowest BCUT2D eigenvalue weighted by Gasteiger charge is -2.35. The third-order valence-corrected chi connectivity index (χ3v) is 21.6. The van der Waals surface area contributed by atoms with Gasteiger partial charge in [-0.15, -0.1) is 11.8 Å². The number of benzene rings is 5. The van der Waals surface area contributed by atoms with Crippen molar-refractivity contribution < 1.29 is 99.6 Å². The van der Waals surface area contributed by atoms with Gasteiger partial charge in [0, 0.05) is 44.4 Å². The first-order valence-corrected chi connectivity index (χ1v) is 42.9. The molecule has 6 amide bonds. The molecule has 0 radical (unpaired) electrons. The molecule has 0 aliphatic heterocycles. The molecule has 36 heteroatoms. The lowest BCUT2D eigenvalue weighted by atomic mass is 9.83. The maximum Gasteiger partial charge on any atom is 0.267 e. The SMILES string of the molecule is CNC(NCCCCC(=O)NCCCOCCOCCOCCCNC(=O)[C@H](CS(=O)(=O)O)NC(=O)[C@H](CS(=O)(=O)O)NC(=O)[C@H](CS(=O)(=O)O)NC(=O)[C@H](CS(=O)(=O)O)NC(=O)CSC(c1ccccc1)(c1ccccc1)c1ccccc1)C(C)(C)CCCCOc1cc(-c2ccccc2)cc(-c2ccccc2)n1. The highest BCUT2D eigenvalue weighted by atomic mass is 32.2. The van der Waals surface area contributed by atoms with Gasteiger partial charge in [0.2, 0.25) is 41.3 Å². The second-order valence-corrected chi connectivity index (χ2v) is 33.5. The van der Waals surface area contributed by atoms with E-state index in [0.717, 1.165) is 66.4 Å². The summed E-state index contributed by atoms with van der Waals surface area (Å²) in [5.41, 5.74) is 6.03. The molecule has 6 aromatic rings. The van der Waals surface area contributed by atoms with Crippen molar-refractivity contribution in [2.45, 2.75) is 100 Å². The molecule has 0 bridgehead atoms. The Morgan fingerprint density at radius 2 is 0.845 bits per heavy atom. The van der Waals surface area contributed by atoms with Crippen LogP contribution in [0.5, 0.6) is 5.88 Å². The molecule has 12 N–H and O–H groups in total. The Morgan fingerprint density at radius 1 is 0.436 bits per heavy atom. The van der Waals surface area contributed by atoms with Gasteiger partial charge < -0.3 is 61.5 Å². The Morgan fingerprint density at radius 3 is 1.29 bits per heavy atom. The van der Waals surface area contributed by atoms with Crippen molar-refractivity contribution in [1.82, 2.24) is 47.5 Å². The van der Waals surface area contributed by atoms with E-state index in [0.29, 0.717) is 61.6 Å². The Balaban J connectivity index is 0.858. The molecule has 0 spiro atoms. The number of aromatic nitrogens is 1. The van der Waals surface area contributed by atoms with Gasteiger partial charge in [-0.25, -0.2) is 4.98 Å². The third-order valence-electron chi connectivity index (χ3n) is 17.0. The van der Waals surface area contributed by atoms with Gasteiger partial charge in [-0.1, -0.05) is 166 Å². The van der Waals surface area contributed by atoms with E-state index in [1.807, 2.05) is 103 Å². The number of amides is 6. The molecular weight excluding hydrogens is 1530 g/mol. The van der Waals surface area contributed by atoms with Crippen LogP contribution in [0.15, 0.2) is 164 Å². The number of ether oxygens (including phenoxy) is 4. The minimum absolute atomic E-state index is 0.0128. The third kappa shape index (κ3) is 33.3. The predicted octanol–water partition coefficient (Wildman–Crippen LogP) is 4.57. The van der Waals surface area contributed by atoms with Crippen molar-refractivity contribution in [1.29, 1.82) is 0 Å². The molecular formula is C74H99N9O22S5. The fourth-order valence-corrected chi connectivity index (χ4v) is 15.6. The summed E-state index contributed by atoms with van der Waals surface area (Å²) < 4.78 is 158. The highest BCUT2D eigenvalue weighted by Gasteiger charge is 2.40. The fourth-order valence-electron chi connectivity index (χ4n) is 11.7. The topological polar surface area (TPSA) is 466 Å². The average Bonchev–Trinajstić information content (AvgIpc) is 0.758. The fraction of sp³-hybridized carbons (Fsp3) is 0.446. The zero-order valence-corrected chi connectivity index (χ0v) is 65.4. The zero-order chi connectivity index (χ0) is 80.2. The van der Waals surface area contributed by atoms with Gasteiger partial charge in [-0.05, 0) is 97.8 Å². The number of nitrogens with zero attached hydrogens (tertiary/aromatic N) is 1. The van der Waals surface area contributed by atoms with Crippen LogP contribution in [0.1, 0.15) is 81.9 Å². The molecule has 1 aromatic heterocycles. The molecule has 110 heavy (non-hydrogen) atoms. The van der Waals surface area contributed by atoms with Crippen LogP contribution in [0.2, 0.25) is 0 Å². The summed E-state index contributed by atoms with van der Waals surface area (Å²) in [6.45, 7) is 7.06. The van der Waals surface area contributed by atoms with Crippen molar-refractivity contribution in [3.63, 3.8) is 0 Å². The molecule has 6 rings (SSSR count). The molecule has 0 saturated heterocycles. The minimum Gasteiger partial charge on any atom is -0.478 e. The molecule has 0 fully saturated rings. The van der Waals surface area contributed by atoms with Crippen molar-refractivity contribution in [3.8, 4) is 28.3 Å². The maximum atomic E-state index is 13.9. The van der Waals surface area contributed by atoms with Gasteiger partial charge >= 0.3 is 0 Å². The summed E-state index contributed by atoms with van der Waals surface area (Å²) in [6.07, 6.45) is 5.42. The molecule has 1 unspecified atom stereocenters. The number of pyridine rings is 1. The minimum atomic E-state index is -5.37. The van der Waals surface area contributed by atoms with Crippen LogP contribution >= 0.6 is 11.8 Å². The summed E-state index contributed by atoms with van der Waals surface area (Å²) >= 11 is 1.04. The van der Waals surface area contributed by atoms with Crippen molar-refractivity contribution >= 4 is 87.7 Å². The van der Waals surface area contributed by atoms with Crippen LogP contribution in [0.25, 0.3) is 22.4 Å². The molecule has 0 saturated carbocycles. The first-order chi connectivity index (χ1) is 52.2. The standard InChI is InChI=1S/C74H99N9O22S5/c1-73(2,36-20-22-42-105-67-48-56(54-25-9-4-10-26-54)47-60(80-67)55-27-11-5-12-28-55)72(75-3)78-37-21-19-35-65(84)76-38-23-40-102-43-45-104-46-44-103-41-24-39-77-68(86)61(50-107(90,91)92)81-70(88)63(52-109(96,97)98)83-71(89)64(53-110(99,100)101)82-69(87)62(51-108(93,94)95)79-66(85)49-106-74(57-29-13-6-14-30-57,58-31-15-7-16-32-58)59-33-17-8-18-34-59/h4-18,25-34,47-48,61-64,72,75,78H,19-24,35-46,49-53H2,1-3H3,(H,76,84)(H,77,86)(H,79,85)(H,81,88)(H,82,87)(H,83,89)(H,90,91,92)(H,93,94,95)(H,96,97,98)(H,99,100,101)/t61-,62-,63-,64-,72?/m0/s1. The normalized spacial score (nSPS) is 13.5. The van der Waals surface area contributed by atoms with Crippen LogP contribution in [-0.2, 0) is 88.2 Å². The van der Waals surface area contributed by atoms with Crippen molar-refractivity contribution in [3.05, 3.63) is 180 Å². The van der Waals surface area contributed by atoms with E-state index in [-0.39, 0.29) is 63.5 Å². The average molecular weight is 1630 g/mol. The number of nitrogens with one attached hydrogen (secondary N) is 8. The van der Waals surface area contributed by atoms with Crippen LogP contribution in [0.4, 0.5) is 0 Å². The van der Waals surface area contributed by atoms with E-state index in [4.69, 9.17) is 23.9 Å². The number of carbonyl (C=O) groups is 6. The summed E-state index contributed by atoms with van der Waals surface area (Å²) in [5.74, 6) is -14.3. The summed E-state index contributed by atoms with van der Waals surface area (Å²) in [6, 6.07) is 41.3. The highest BCUT2D eigenvalue weighted by molar-refractivity contribution is 8.01. The predicted molar refractivity (Wildman–Crippen MR) is 416 cm³/mol. The Hall–Kier alpha value is -8.34. The van der Waals surface area contributed by atoms with Crippen LogP contribution in [0.3, 0.4) is 0 Å². The maximum absolute atomic E-state index is 13.9. The van der Waals surface area contributed by atoms with E-state index >= 15 is 0 Å². The van der Waals surface area contributed by atoms with E-state index < -0.39 is 128 Å². The molecule has 602 valence electrons. The molecule has 31 nitrogen and oxygen atoms in total. The smallest absolute Gasteiger partial charge is 0.267 e. The zero-order valence-electron chi connectivity index (χ0n) is 61.4. The lowest BCUT2D eigenvalue weighted by molar-refractivity contribution is -0.133. The van der Waals surface area contributed by atoms with E-state index in [1.54, 1.807) is 65.2 Å². The Kier molecular flexibility index (Phi) is 37.2. The molecule has 5 atom stereocenters. The molecule has 0 aliphatic rings. The second kappa shape index (κ2) is 45.2. The van der Waals surface area contributed by atoms with Gasteiger partial charge in [-0.2, -0.15) is 33.7 Å². The van der Waals surface area contributed by atoms with Crippen LogP contribution in [-0.4, -0.2) is 224 Å². The lowest BCUT2D eigenvalue weighted by Crippen LogP contribution is -2.61. The van der Waals surface area contributed by atoms with Gasteiger partial charge in [-0.3, -0.25) is 47.0 Å². The van der Waals surface area contributed by atoms with Gasteiger partial charge in [0.05, 0.1) is 55.4 Å². The molecule has 1 heterocycles. The van der Waals surface area contributed by atoms with Crippen molar-refractivity contribution in [2.24, 2.45) is 5.41 Å². The summed E-state index contributed by atoms with van der Waals surface area (Å²) in [7, 11) is -19.1. The number of thioether (sulfide) groups is 1. The number of hydrogen-bond acceptors (Lipinski definition) is 22. The van der Waals surface area contributed by atoms with Crippen LogP contribution < -0.4 is 47.3 Å². The molecule has 5 aromatic carbocycles. The number of hydrogen-bond donors (Lipinski definition) is 12. The van der Waals surface area contributed by atoms with E-state index in [1.165, 1.54) is 0 Å². The number of carbonyl (C=O) groups excluding carboxylic acids is 6. The monoisotopic (exact) mass is 1630 g/mol. The number of unbranched alkanes of at least 4 members (excludes halogenated alkanes) is 2. The van der Waals surface area contributed by atoms with Gasteiger partial charge in [0.25, 0.3) is 40.5 Å². The first kappa shape index (κ1) is 90.5. The van der Waals surface area contributed by atoms with E-state index in [2.05, 4.69) is 58.6 Å². The summed E-state index contributed by atoms with van der Waals surface area (Å²) in [5, 5.41) is 19.7. The Bertz CT molecular complexity index is 4200. The quantitative estimate of drug-likeness (QED) is 0.0108. The van der Waals surface area contributed by atoms with Crippen LogP contribution in [0, 0.1) is 5.41 Å². The Labute approximate surface area is 647 Å². The number of rotatable bonds is 52. The second-order valence-electron chi connectivity index (χ2n) is 26.3. The van der Waals surface area contributed by atoms with Gasteiger partial charge in [0.1, 0.15) is 47.2 Å².